The normalized spacial score (nSPS) is 16.9. The van der Waals surface area contributed by atoms with E-state index in [1.54, 1.807) is 0 Å². The lowest BCUT2D eigenvalue weighted by Crippen LogP contribution is -2.42. The predicted octanol–water partition coefficient (Wildman–Crippen LogP) is 3.40. The summed E-state index contributed by atoms with van der Waals surface area (Å²) in [7, 11) is 0. The van der Waals surface area contributed by atoms with Crippen molar-refractivity contribution in [2.75, 3.05) is 5.32 Å². The molecule has 1 saturated heterocycles. The molecule has 0 radical (unpaired) electrons. The minimum Gasteiger partial charge on any atom is -0.419 e. The highest BCUT2D eigenvalue weighted by Crippen LogP contribution is 2.32. The van der Waals surface area contributed by atoms with Crippen molar-refractivity contribution in [1.82, 2.24) is 0 Å². The zero-order valence-corrected chi connectivity index (χ0v) is 12.8. The lowest BCUT2D eigenvalue weighted by atomic mass is 10.2. The number of hydrogen-bond acceptors (Lipinski definition) is 5. The zero-order chi connectivity index (χ0) is 16.7. The molecule has 1 fully saturated rings. The van der Waals surface area contributed by atoms with Crippen molar-refractivity contribution >= 4 is 40.8 Å². The Balaban J connectivity index is 2.30. The summed E-state index contributed by atoms with van der Waals surface area (Å²) in [5, 5.41) is 1.06. The molecule has 1 aromatic rings. The SMILES string of the molecule is CC1(C)OC(=O)C(=CNc2cc(Cl)c(F)c(Cl)c2F)C(=O)O1. The Morgan fingerprint density at radius 1 is 1.14 bits per heavy atom. The van der Waals surface area contributed by atoms with Gasteiger partial charge in [0, 0.05) is 20.0 Å². The first-order valence-electron chi connectivity index (χ1n) is 5.89. The van der Waals surface area contributed by atoms with Crippen LogP contribution < -0.4 is 5.32 Å². The first-order chi connectivity index (χ1) is 10.1. The molecule has 0 bridgehead atoms. The maximum absolute atomic E-state index is 13.8. The highest BCUT2D eigenvalue weighted by molar-refractivity contribution is 6.35. The van der Waals surface area contributed by atoms with Crippen LogP contribution in [0, 0.1) is 11.6 Å². The van der Waals surface area contributed by atoms with Crippen molar-refractivity contribution in [1.29, 1.82) is 0 Å². The van der Waals surface area contributed by atoms with Gasteiger partial charge in [0.2, 0.25) is 0 Å². The quantitative estimate of drug-likeness (QED) is 0.291. The van der Waals surface area contributed by atoms with Gasteiger partial charge in [0.05, 0.1) is 10.7 Å². The van der Waals surface area contributed by atoms with E-state index in [0.717, 1.165) is 12.3 Å². The van der Waals surface area contributed by atoms with Gasteiger partial charge in [0.15, 0.2) is 17.2 Å². The Bertz CT molecular complexity index is 682. The molecule has 2 rings (SSSR count). The molecule has 1 heterocycles. The van der Waals surface area contributed by atoms with Crippen molar-refractivity contribution in [3.05, 3.63) is 39.5 Å². The van der Waals surface area contributed by atoms with E-state index < -0.39 is 45.0 Å². The first-order valence-corrected chi connectivity index (χ1v) is 6.64. The molecule has 0 atom stereocenters. The molecular formula is C13H9Cl2F2NO4. The number of rotatable bonds is 2. The second-order valence-electron chi connectivity index (χ2n) is 4.73. The van der Waals surface area contributed by atoms with E-state index in [-0.39, 0.29) is 5.69 Å². The Morgan fingerprint density at radius 2 is 1.68 bits per heavy atom. The molecule has 22 heavy (non-hydrogen) atoms. The molecule has 0 spiro atoms. The maximum atomic E-state index is 13.8. The minimum absolute atomic E-state index is 0.325. The average Bonchev–Trinajstić information content (AvgIpc) is 2.39. The predicted molar refractivity (Wildman–Crippen MR) is 74.3 cm³/mol. The third kappa shape index (κ3) is 3.15. The third-order valence-corrected chi connectivity index (χ3v) is 3.20. The molecule has 1 aliphatic rings. The van der Waals surface area contributed by atoms with Gasteiger partial charge in [0.1, 0.15) is 5.02 Å². The van der Waals surface area contributed by atoms with E-state index in [1.165, 1.54) is 13.8 Å². The van der Waals surface area contributed by atoms with Crippen LogP contribution in [0.5, 0.6) is 0 Å². The van der Waals surface area contributed by atoms with E-state index in [1.807, 2.05) is 0 Å². The van der Waals surface area contributed by atoms with Crippen LogP contribution in [0.3, 0.4) is 0 Å². The number of ether oxygens (including phenoxy) is 2. The van der Waals surface area contributed by atoms with Gasteiger partial charge in [-0.3, -0.25) is 0 Å². The molecule has 0 amide bonds. The van der Waals surface area contributed by atoms with Crippen molar-refractivity contribution in [2.24, 2.45) is 0 Å². The van der Waals surface area contributed by atoms with Crippen LogP contribution in [-0.4, -0.2) is 17.7 Å². The van der Waals surface area contributed by atoms with Gasteiger partial charge in [-0.15, -0.1) is 0 Å². The molecule has 1 aliphatic heterocycles. The number of carbonyl (C=O) groups excluding carboxylic acids is 2. The average molecular weight is 352 g/mol. The van der Waals surface area contributed by atoms with Crippen molar-refractivity contribution in [3.63, 3.8) is 0 Å². The molecule has 0 aliphatic carbocycles. The molecule has 1 N–H and O–H groups in total. The van der Waals surface area contributed by atoms with Gasteiger partial charge in [-0.1, -0.05) is 23.2 Å². The third-order valence-electron chi connectivity index (χ3n) is 2.59. The molecule has 118 valence electrons. The van der Waals surface area contributed by atoms with Crippen LogP contribution in [0.2, 0.25) is 10.0 Å². The zero-order valence-electron chi connectivity index (χ0n) is 11.3. The number of nitrogens with one attached hydrogen (secondary N) is 1. The summed E-state index contributed by atoms with van der Waals surface area (Å²) < 4.78 is 36.7. The summed E-state index contributed by atoms with van der Waals surface area (Å²) in [6, 6.07) is 0.915. The molecule has 5 nitrogen and oxygen atoms in total. The molecular weight excluding hydrogens is 343 g/mol. The summed E-state index contributed by atoms with van der Waals surface area (Å²) >= 11 is 11.0. The Morgan fingerprint density at radius 3 is 2.23 bits per heavy atom. The summed E-state index contributed by atoms with van der Waals surface area (Å²) in [6.45, 7) is 2.76. The van der Waals surface area contributed by atoms with Gasteiger partial charge >= 0.3 is 11.9 Å². The summed E-state index contributed by atoms with van der Waals surface area (Å²) in [5.74, 6) is -5.53. The van der Waals surface area contributed by atoms with Crippen LogP contribution in [0.25, 0.3) is 0 Å². The van der Waals surface area contributed by atoms with E-state index in [4.69, 9.17) is 32.7 Å². The standard InChI is InChI=1S/C13H9Cl2F2NO4/c1-13(2)21-11(19)5(12(20)22-13)4-18-7-3-6(14)9(16)8(15)10(7)17/h3-4,18H,1-2H3. The van der Waals surface area contributed by atoms with Crippen LogP contribution in [-0.2, 0) is 19.1 Å². The number of carbonyl (C=O) groups is 2. The lowest BCUT2D eigenvalue weighted by molar-refractivity contribution is -0.222. The van der Waals surface area contributed by atoms with E-state index in [0.29, 0.717) is 0 Å². The largest absolute Gasteiger partial charge is 0.419 e. The van der Waals surface area contributed by atoms with Gasteiger partial charge in [0.25, 0.3) is 5.79 Å². The van der Waals surface area contributed by atoms with Crippen LogP contribution in [0.4, 0.5) is 14.5 Å². The molecule has 9 heteroatoms. The fourth-order valence-electron chi connectivity index (χ4n) is 1.61. The Hall–Kier alpha value is -1.86. The maximum Gasteiger partial charge on any atom is 0.350 e. The Labute approximate surface area is 133 Å². The topological polar surface area (TPSA) is 64.6 Å². The smallest absolute Gasteiger partial charge is 0.350 e. The van der Waals surface area contributed by atoms with Crippen molar-refractivity contribution in [3.8, 4) is 0 Å². The van der Waals surface area contributed by atoms with Gasteiger partial charge in [-0.25, -0.2) is 18.4 Å². The second-order valence-corrected chi connectivity index (χ2v) is 5.51. The van der Waals surface area contributed by atoms with Crippen molar-refractivity contribution < 1.29 is 27.8 Å². The molecule has 1 aromatic carbocycles. The van der Waals surface area contributed by atoms with Crippen molar-refractivity contribution in [2.45, 2.75) is 19.6 Å². The highest BCUT2D eigenvalue weighted by Gasteiger charge is 2.39. The number of hydrogen-bond donors (Lipinski definition) is 1. The molecule has 0 saturated carbocycles. The molecule has 0 aromatic heterocycles. The monoisotopic (exact) mass is 351 g/mol. The fraction of sp³-hybridized carbons (Fsp3) is 0.231. The van der Waals surface area contributed by atoms with Gasteiger partial charge < -0.3 is 14.8 Å². The second kappa shape index (κ2) is 5.73. The van der Waals surface area contributed by atoms with Gasteiger partial charge in [-0.2, -0.15) is 0 Å². The van der Waals surface area contributed by atoms with E-state index in [9.17, 15) is 18.4 Å². The minimum atomic E-state index is -1.39. The summed E-state index contributed by atoms with van der Waals surface area (Å²) in [5.41, 5.74) is -0.815. The summed E-state index contributed by atoms with van der Waals surface area (Å²) in [4.78, 5) is 23.4. The van der Waals surface area contributed by atoms with Crippen LogP contribution in [0.1, 0.15) is 13.8 Å². The number of esters is 2. The highest BCUT2D eigenvalue weighted by atomic mass is 35.5. The number of anilines is 1. The number of benzene rings is 1. The van der Waals surface area contributed by atoms with E-state index >= 15 is 0 Å². The van der Waals surface area contributed by atoms with Gasteiger partial charge in [-0.05, 0) is 6.07 Å². The summed E-state index contributed by atoms with van der Waals surface area (Å²) in [6.07, 6.45) is 0.864. The lowest BCUT2D eigenvalue weighted by Gasteiger charge is -2.29. The first kappa shape index (κ1) is 16.5. The number of halogens is 4. The molecule has 0 unspecified atom stereocenters. The number of cyclic esters (lactones) is 2. The Kier molecular flexibility index (Phi) is 4.30. The van der Waals surface area contributed by atoms with E-state index in [2.05, 4.69) is 5.32 Å². The fourth-order valence-corrected chi connectivity index (χ4v) is 2.06. The van der Waals surface area contributed by atoms with Crippen LogP contribution >= 0.6 is 23.2 Å². The van der Waals surface area contributed by atoms with Crippen LogP contribution in [0.15, 0.2) is 17.8 Å².